The van der Waals surface area contributed by atoms with Crippen LogP contribution in [0.15, 0.2) is 36.0 Å². The third-order valence-corrected chi connectivity index (χ3v) is 7.04. The van der Waals surface area contributed by atoms with E-state index in [9.17, 15) is 25.2 Å². The Morgan fingerprint density at radius 2 is 1.77 bits per heavy atom. The van der Waals surface area contributed by atoms with Gasteiger partial charge in [-0.15, -0.1) is 0 Å². The Kier molecular flexibility index (Phi) is 6.80. The highest BCUT2D eigenvalue weighted by molar-refractivity contribution is 6.30. The van der Waals surface area contributed by atoms with E-state index >= 15 is 0 Å². The number of carboxylic acid groups (broad SMARTS) is 1. The van der Waals surface area contributed by atoms with Crippen LogP contribution in [0.2, 0.25) is 5.02 Å². The fraction of sp³-hybridized carbons (Fsp3) is 0.440. The van der Waals surface area contributed by atoms with Crippen molar-refractivity contribution in [3.05, 3.63) is 63.4 Å². The summed E-state index contributed by atoms with van der Waals surface area (Å²) in [7, 11) is 0. The SMILES string of the molecule is O=C(O)[C@H]1OC(Oc2cnc3c(c2)CCc2cc(Cl)ccc2C3=C2CCNCC2)[C@H](O)[C@@H](O)[C@@H]1O. The number of benzene rings is 1. The molecule has 0 bridgehead atoms. The van der Waals surface area contributed by atoms with Crippen LogP contribution in [0.1, 0.15) is 35.2 Å². The molecule has 1 aliphatic carbocycles. The van der Waals surface area contributed by atoms with Crippen molar-refractivity contribution < 1.29 is 34.7 Å². The number of carboxylic acids is 1. The predicted molar refractivity (Wildman–Crippen MR) is 126 cm³/mol. The maximum atomic E-state index is 11.4. The van der Waals surface area contributed by atoms with Gasteiger partial charge in [-0.25, -0.2) is 4.79 Å². The number of hydrogen-bond donors (Lipinski definition) is 5. The second-order valence-corrected chi connectivity index (χ2v) is 9.50. The first-order valence-electron chi connectivity index (χ1n) is 11.6. The lowest BCUT2D eigenvalue weighted by atomic mass is 9.89. The number of nitrogens with zero attached hydrogens (tertiary/aromatic N) is 1. The van der Waals surface area contributed by atoms with Gasteiger partial charge in [0.15, 0.2) is 6.10 Å². The van der Waals surface area contributed by atoms with Gasteiger partial charge in [-0.05, 0) is 73.7 Å². The highest BCUT2D eigenvalue weighted by Gasteiger charge is 2.48. The Morgan fingerprint density at radius 3 is 2.51 bits per heavy atom. The highest BCUT2D eigenvalue weighted by atomic mass is 35.5. The molecule has 186 valence electrons. The molecule has 10 heteroatoms. The molecule has 1 aromatic carbocycles. The monoisotopic (exact) mass is 502 g/mol. The van der Waals surface area contributed by atoms with E-state index in [1.165, 1.54) is 11.8 Å². The number of fused-ring (bicyclic) bond motifs is 2. The first kappa shape index (κ1) is 24.2. The van der Waals surface area contributed by atoms with Gasteiger partial charge in [0.05, 0.1) is 11.9 Å². The van der Waals surface area contributed by atoms with Gasteiger partial charge < -0.3 is 35.2 Å². The van der Waals surface area contributed by atoms with Crippen molar-refractivity contribution in [1.29, 1.82) is 0 Å². The van der Waals surface area contributed by atoms with Gasteiger partial charge >= 0.3 is 5.97 Å². The van der Waals surface area contributed by atoms with E-state index in [4.69, 9.17) is 26.1 Å². The number of carbonyl (C=O) groups is 1. The Balaban J connectivity index is 1.50. The number of rotatable bonds is 3. The molecule has 5 rings (SSSR count). The number of aliphatic hydroxyl groups excluding tert-OH is 3. The van der Waals surface area contributed by atoms with Crippen molar-refractivity contribution in [2.24, 2.45) is 0 Å². The maximum absolute atomic E-state index is 11.4. The van der Waals surface area contributed by atoms with E-state index in [0.717, 1.165) is 60.3 Å². The van der Waals surface area contributed by atoms with Crippen LogP contribution in [0, 0.1) is 0 Å². The molecule has 5 N–H and O–H groups in total. The van der Waals surface area contributed by atoms with Gasteiger partial charge in [-0.2, -0.15) is 0 Å². The zero-order chi connectivity index (χ0) is 24.7. The molecule has 0 spiro atoms. The topological polar surface area (TPSA) is 141 Å². The summed E-state index contributed by atoms with van der Waals surface area (Å²) >= 11 is 6.30. The standard InChI is InChI=1S/C25H27ClN2O7/c26-15-3-4-17-13(9-15)1-2-14-10-16(11-28-19(14)18(17)12-5-7-27-8-6-12)34-25-22(31)20(29)21(30)23(35-25)24(32)33/h3-4,9-11,20-23,25,27,29-31H,1-2,5-8H2,(H,32,33)/t20-,21-,22+,23-,25?/m0/s1. The number of hydrogen-bond acceptors (Lipinski definition) is 8. The lowest BCUT2D eigenvalue weighted by molar-refractivity contribution is -0.271. The number of aliphatic carboxylic acids is 1. The van der Waals surface area contributed by atoms with Crippen LogP contribution in [-0.4, -0.2) is 75.2 Å². The zero-order valence-electron chi connectivity index (χ0n) is 18.9. The van der Waals surface area contributed by atoms with Gasteiger partial charge in [0.1, 0.15) is 24.1 Å². The van der Waals surface area contributed by atoms with Gasteiger partial charge in [0.2, 0.25) is 6.29 Å². The molecule has 2 aromatic rings. The van der Waals surface area contributed by atoms with Crippen LogP contribution in [0.4, 0.5) is 0 Å². The molecule has 2 aliphatic heterocycles. The third-order valence-electron chi connectivity index (χ3n) is 6.80. The van der Waals surface area contributed by atoms with Gasteiger partial charge in [-0.1, -0.05) is 23.2 Å². The molecule has 2 saturated heterocycles. The Hall–Kier alpha value is -2.53. The molecule has 5 atom stereocenters. The molecule has 35 heavy (non-hydrogen) atoms. The molecule has 3 heterocycles. The molecule has 0 saturated carbocycles. The van der Waals surface area contributed by atoms with Crippen molar-refractivity contribution in [2.75, 3.05) is 13.1 Å². The average molecular weight is 503 g/mol. The van der Waals surface area contributed by atoms with Crippen LogP contribution >= 0.6 is 11.6 Å². The minimum Gasteiger partial charge on any atom is -0.479 e. The van der Waals surface area contributed by atoms with Crippen LogP contribution in [0.25, 0.3) is 5.57 Å². The number of ether oxygens (including phenoxy) is 2. The minimum absolute atomic E-state index is 0.263. The van der Waals surface area contributed by atoms with E-state index in [0.29, 0.717) is 11.4 Å². The number of aromatic nitrogens is 1. The summed E-state index contributed by atoms with van der Waals surface area (Å²) in [6, 6.07) is 7.74. The summed E-state index contributed by atoms with van der Waals surface area (Å²) in [6.07, 6.45) is -3.63. The van der Waals surface area contributed by atoms with Crippen molar-refractivity contribution in [2.45, 2.75) is 56.4 Å². The zero-order valence-corrected chi connectivity index (χ0v) is 19.6. The van der Waals surface area contributed by atoms with Crippen LogP contribution in [0.5, 0.6) is 5.75 Å². The summed E-state index contributed by atoms with van der Waals surface area (Å²) in [5, 5.41) is 43.6. The van der Waals surface area contributed by atoms with E-state index in [-0.39, 0.29) is 5.75 Å². The number of pyridine rings is 1. The Bertz CT molecular complexity index is 1160. The third kappa shape index (κ3) is 4.67. The molecular weight excluding hydrogens is 476 g/mol. The Labute approximate surface area is 207 Å². The number of nitrogens with one attached hydrogen (secondary N) is 1. The van der Waals surface area contributed by atoms with Gasteiger partial charge in [-0.3, -0.25) is 4.98 Å². The van der Waals surface area contributed by atoms with Crippen LogP contribution < -0.4 is 10.1 Å². The molecule has 0 radical (unpaired) electrons. The van der Waals surface area contributed by atoms with Gasteiger partial charge in [0, 0.05) is 10.6 Å². The fourth-order valence-corrected chi connectivity index (χ4v) is 5.19. The first-order chi connectivity index (χ1) is 16.8. The van der Waals surface area contributed by atoms with E-state index < -0.39 is 36.7 Å². The number of aryl methyl sites for hydroxylation is 2. The summed E-state index contributed by atoms with van der Waals surface area (Å²) < 4.78 is 11.0. The molecule has 2 fully saturated rings. The highest BCUT2D eigenvalue weighted by Crippen LogP contribution is 2.39. The van der Waals surface area contributed by atoms with Crippen molar-refractivity contribution in [3.8, 4) is 5.75 Å². The largest absolute Gasteiger partial charge is 0.479 e. The predicted octanol–water partition coefficient (Wildman–Crippen LogP) is 1.29. The van der Waals surface area contributed by atoms with Crippen LogP contribution in [-0.2, 0) is 22.4 Å². The van der Waals surface area contributed by atoms with Gasteiger partial charge in [0.25, 0.3) is 0 Å². The van der Waals surface area contributed by atoms with E-state index in [1.807, 2.05) is 18.2 Å². The number of halogens is 1. The number of aliphatic hydroxyl groups is 3. The lowest BCUT2D eigenvalue weighted by Gasteiger charge is -2.38. The molecule has 1 unspecified atom stereocenters. The van der Waals surface area contributed by atoms with E-state index in [1.54, 1.807) is 6.07 Å². The fourth-order valence-electron chi connectivity index (χ4n) is 5.00. The normalized spacial score (nSPS) is 28.6. The quantitative estimate of drug-likeness (QED) is 0.419. The average Bonchev–Trinajstić information content (AvgIpc) is 3.01. The summed E-state index contributed by atoms with van der Waals surface area (Å²) in [5.74, 6) is -1.20. The second kappa shape index (κ2) is 9.85. The second-order valence-electron chi connectivity index (χ2n) is 9.06. The van der Waals surface area contributed by atoms with Crippen LogP contribution in [0.3, 0.4) is 0 Å². The molecule has 0 amide bonds. The lowest BCUT2D eigenvalue weighted by Crippen LogP contribution is -2.61. The molecule has 9 nitrogen and oxygen atoms in total. The summed E-state index contributed by atoms with van der Waals surface area (Å²) in [4.78, 5) is 16.1. The minimum atomic E-state index is -1.78. The summed E-state index contributed by atoms with van der Waals surface area (Å²) in [5.41, 5.74) is 6.50. The van der Waals surface area contributed by atoms with Crippen molar-refractivity contribution in [1.82, 2.24) is 10.3 Å². The molecule has 1 aromatic heterocycles. The van der Waals surface area contributed by atoms with Crippen molar-refractivity contribution in [3.63, 3.8) is 0 Å². The maximum Gasteiger partial charge on any atom is 0.335 e. The smallest absolute Gasteiger partial charge is 0.335 e. The molecule has 3 aliphatic rings. The Morgan fingerprint density at radius 1 is 1.03 bits per heavy atom. The number of piperidine rings is 1. The summed E-state index contributed by atoms with van der Waals surface area (Å²) in [6.45, 7) is 1.79. The van der Waals surface area contributed by atoms with E-state index in [2.05, 4.69) is 5.32 Å². The first-order valence-corrected chi connectivity index (χ1v) is 12.0. The molecular formula is C25H27ClN2O7. The van der Waals surface area contributed by atoms with Crippen molar-refractivity contribution >= 4 is 23.1 Å².